The van der Waals surface area contributed by atoms with E-state index in [4.69, 9.17) is 0 Å². The van der Waals surface area contributed by atoms with Gasteiger partial charge in [0.2, 0.25) is 5.91 Å². The summed E-state index contributed by atoms with van der Waals surface area (Å²) in [6.45, 7) is 5.95. The lowest BCUT2D eigenvalue weighted by Gasteiger charge is -2.19. The Morgan fingerprint density at radius 1 is 1.33 bits per heavy atom. The van der Waals surface area contributed by atoms with Crippen LogP contribution in [0.15, 0.2) is 12.2 Å². The van der Waals surface area contributed by atoms with E-state index < -0.39 is 24.4 Å². The normalized spacial score (nSPS) is 11.0. The molecular weight excluding hydrogens is 211 g/mol. The Hall–Kier alpha value is -1.33. The lowest BCUT2D eigenvalue weighted by Crippen LogP contribution is -2.39. The van der Waals surface area contributed by atoms with E-state index in [1.54, 1.807) is 0 Å². The highest BCUT2D eigenvalue weighted by Gasteiger charge is 2.34. The van der Waals surface area contributed by atoms with Crippen molar-refractivity contribution in [1.29, 1.82) is 0 Å². The molecule has 0 radical (unpaired) electrons. The van der Waals surface area contributed by atoms with Crippen LogP contribution < -0.4 is 0 Å². The molecule has 0 aliphatic heterocycles. The Balaban J connectivity index is 4.63. The van der Waals surface area contributed by atoms with Gasteiger partial charge in [-0.1, -0.05) is 6.58 Å². The molecule has 0 aliphatic rings. The third-order valence-electron chi connectivity index (χ3n) is 1.58. The van der Waals surface area contributed by atoms with Crippen LogP contribution >= 0.6 is 0 Å². The van der Waals surface area contributed by atoms with Gasteiger partial charge in [0.15, 0.2) is 0 Å². The number of nitrogens with zero attached hydrogens (tertiary/aromatic N) is 1. The van der Waals surface area contributed by atoms with Crippen molar-refractivity contribution in [2.75, 3.05) is 6.54 Å². The average Bonchev–Trinajstić information content (AvgIpc) is 2.01. The van der Waals surface area contributed by atoms with E-state index in [9.17, 15) is 22.8 Å². The zero-order chi connectivity index (χ0) is 12.2. The summed E-state index contributed by atoms with van der Waals surface area (Å²) in [7, 11) is 0. The number of alkyl halides is 3. The van der Waals surface area contributed by atoms with Crippen LogP contribution in [0.1, 0.15) is 20.3 Å². The molecule has 0 aliphatic carbocycles. The van der Waals surface area contributed by atoms with Crippen molar-refractivity contribution < 1.29 is 22.8 Å². The first-order valence-corrected chi connectivity index (χ1v) is 4.26. The minimum absolute atomic E-state index is 0.0346. The molecule has 0 aromatic carbocycles. The lowest BCUT2D eigenvalue weighted by molar-refractivity contribution is -0.163. The molecule has 0 unspecified atom stereocenters. The summed E-state index contributed by atoms with van der Waals surface area (Å²) in [5, 5.41) is 0. The molecule has 0 bridgehead atoms. The Morgan fingerprint density at radius 2 is 1.80 bits per heavy atom. The van der Waals surface area contributed by atoms with E-state index >= 15 is 0 Å². The number of likely N-dealkylation sites (N-methyl/N-ethyl adjacent to an activating group) is 1. The SMILES string of the molecule is C=C(C)C(=O)N(CC)C(=O)CC(F)(F)F. The number of hydrogen-bond donors (Lipinski definition) is 0. The van der Waals surface area contributed by atoms with E-state index in [0.717, 1.165) is 0 Å². The Kier molecular flexibility index (Phi) is 4.51. The lowest BCUT2D eigenvalue weighted by atomic mass is 10.2. The highest BCUT2D eigenvalue weighted by Crippen LogP contribution is 2.21. The molecule has 0 N–H and O–H groups in total. The molecule has 0 spiro atoms. The van der Waals surface area contributed by atoms with E-state index in [2.05, 4.69) is 6.58 Å². The highest BCUT2D eigenvalue weighted by atomic mass is 19.4. The summed E-state index contributed by atoms with van der Waals surface area (Å²) >= 11 is 0. The third-order valence-corrected chi connectivity index (χ3v) is 1.58. The van der Waals surface area contributed by atoms with Gasteiger partial charge in [-0.2, -0.15) is 13.2 Å². The monoisotopic (exact) mass is 223 g/mol. The largest absolute Gasteiger partial charge is 0.397 e. The Morgan fingerprint density at radius 3 is 2.07 bits per heavy atom. The number of hydrogen-bond acceptors (Lipinski definition) is 2. The van der Waals surface area contributed by atoms with Gasteiger partial charge in [0.25, 0.3) is 5.91 Å². The maximum absolute atomic E-state index is 11.9. The first kappa shape index (κ1) is 13.7. The number of carbonyl (C=O) groups is 2. The maximum atomic E-state index is 11.9. The van der Waals surface area contributed by atoms with Crippen molar-refractivity contribution in [3.63, 3.8) is 0 Å². The second-order valence-electron chi connectivity index (χ2n) is 3.02. The van der Waals surface area contributed by atoms with Gasteiger partial charge in [-0.05, 0) is 13.8 Å². The second kappa shape index (κ2) is 4.95. The van der Waals surface area contributed by atoms with Crippen LogP contribution in [0.25, 0.3) is 0 Å². The van der Waals surface area contributed by atoms with E-state index in [1.165, 1.54) is 13.8 Å². The molecular formula is C9H12F3NO2. The summed E-state index contributed by atoms with van der Waals surface area (Å²) in [5.74, 6) is -2.02. The molecule has 15 heavy (non-hydrogen) atoms. The molecule has 2 amide bonds. The van der Waals surface area contributed by atoms with Gasteiger partial charge in [0, 0.05) is 12.1 Å². The zero-order valence-corrected chi connectivity index (χ0v) is 8.52. The summed E-state index contributed by atoms with van der Waals surface area (Å²) in [4.78, 5) is 22.9. The van der Waals surface area contributed by atoms with Gasteiger partial charge in [-0.3, -0.25) is 14.5 Å². The van der Waals surface area contributed by atoms with Crippen molar-refractivity contribution in [2.45, 2.75) is 26.4 Å². The smallest absolute Gasteiger partial charge is 0.279 e. The molecule has 86 valence electrons. The van der Waals surface area contributed by atoms with Crippen LogP contribution in [0.4, 0.5) is 13.2 Å². The standard InChI is InChI=1S/C9H12F3NO2/c1-4-13(8(15)6(2)3)7(14)5-9(10,11)12/h2,4-5H2,1,3H3. The third kappa shape index (κ3) is 4.62. The quantitative estimate of drug-likeness (QED) is 0.685. The molecule has 3 nitrogen and oxygen atoms in total. The Bertz CT molecular complexity index is 284. The topological polar surface area (TPSA) is 37.4 Å². The summed E-state index contributed by atoms with van der Waals surface area (Å²) in [6.07, 6.45) is -6.22. The highest BCUT2D eigenvalue weighted by molar-refractivity contribution is 6.03. The molecule has 0 aromatic heterocycles. The predicted octanol–water partition coefficient (Wildman–Crippen LogP) is 1.89. The summed E-state index contributed by atoms with van der Waals surface area (Å²) in [6, 6.07) is 0. The first-order chi connectivity index (χ1) is 6.69. The zero-order valence-electron chi connectivity index (χ0n) is 8.52. The fraction of sp³-hybridized carbons (Fsp3) is 0.556. The Labute approximate surface area is 85.5 Å². The molecule has 0 rings (SSSR count). The molecule has 0 aromatic rings. The number of rotatable bonds is 3. The van der Waals surface area contributed by atoms with Crippen LogP contribution in [0.2, 0.25) is 0 Å². The van der Waals surface area contributed by atoms with E-state index in [0.29, 0.717) is 4.90 Å². The fourth-order valence-corrected chi connectivity index (χ4v) is 0.931. The summed E-state index contributed by atoms with van der Waals surface area (Å²) < 4.78 is 35.7. The van der Waals surface area contributed by atoms with Gasteiger partial charge in [0.05, 0.1) is 0 Å². The van der Waals surface area contributed by atoms with Crippen LogP contribution in [0, 0.1) is 0 Å². The second-order valence-corrected chi connectivity index (χ2v) is 3.02. The van der Waals surface area contributed by atoms with Crippen LogP contribution in [-0.4, -0.2) is 29.4 Å². The van der Waals surface area contributed by atoms with Crippen LogP contribution in [-0.2, 0) is 9.59 Å². The molecule has 0 saturated heterocycles. The molecule has 6 heteroatoms. The van der Waals surface area contributed by atoms with Crippen molar-refractivity contribution in [3.05, 3.63) is 12.2 Å². The fourth-order valence-electron chi connectivity index (χ4n) is 0.931. The minimum Gasteiger partial charge on any atom is -0.279 e. The molecule has 0 fully saturated rings. The van der Waals surface area contributed by atoms with Crippen LogP contribution in [0.5, 0.6) is 0 Å². The van der Waals surface area contributed by atoms with Crippen molar-refractivity contribution in [2.24, 2.45) is 0 Å². The predicted molar refractivity (Wildman–Crippen MR) is 47.9 cm³/mol. The average molecular weight is 223 g/mol. The van der Waals surface area contributed by atoms with E-state index in [1.807, 2.05) is 0 Å². The summed E-state index contributed by atoms with van der Waals surface area (Å²) in [5.41, 5.74) is 0.0346. The number of carbonyl (C=O) groups excluding carboxylic acids is 2. The van der Waals surface area contributed by atoms with Gasteiger partial charge in [0.1, 0.15) is 6.42 Å². The maximum Gasteiger partial charge on any atom is 0.397 e. The molecule has 0 saturated carbocycles. The van der Waals surface area contributed by atoms with Gasteiger partial charge < -0.3 is 0 Å². The number of halogens is 3. The van der Waals surface area contributed by atoms with E-state index in [-0.39, 0.29) is 12.1 Å². The van der Waals surface area contributed by atoms with Gasteiger partial charge in [-0.25, -0.2) is 0 Å². The molecule has 0 heterocycles. The molecule has 0 atom stereocenters. The van der Waals surface area contributed by atoms with Crippen molar-refractivity contribution >= 4 is 11.8 Å². The first-order valence-electron chi connectivity index (χ1n) is 4.26. The van der Waals surface area contributed by atoms with Gasteiger partial charge in [-0.15, -0.1) is 0 Å². The minimum atomic E-state index is -4.60. The van der Waals surface area contributed by atoms with Gasteiger partial charge >= 0.3 is 6.18 Å². The number of imide groups is 1. The van der Waals surface area contributed by atoms with Crippen molar-refractivity contribution in [1.82, 2.24) is 4.90 Å². The van der Waals surface area contributed by atoms with Crippen molar-refractivity contribution in [3.8, 4) is 0 Å². The van der Waals surface area contributed by atoms with Crippen LogP contribution in [0.3, 0.4) is 0 Å². The number of amides is 2.